The molecule has 1 aromatic carbocycles. The van der Waals surface area contributed by atoms with E-state index >= 15 is 0 Å². The fourth-order valence-corrected chi connectivity index (χ4v) is 0.997. The van der Waals surface area contributed by atoms with Crippen LogP contribution < -0.4 is 5.73 Å². The van der Waals surface area contributed by atoms with Gasteiger partial charge in [-0.2, -0.15) is 0 Å². The van der Waals surface area contributed by atoms with Gasteiger partial charge in [0.1, 0.15) is 0 Å². The van der Waals surface area contributed by atoms with Gasteiger partial charge in [0.05, 0.1) is 0 Å². The van der Waals surface area contributed by atoms with Crippen LogP contribution in [0.5, 0.6) is 0 Å². The number of rotatable bonds is 3. The molecule has 0 saturated carbocycles. The molecule has 1 rings (SSSR count). The van der Waals surface area contributed by atoms with Gasteiger partial charge in [-0.3, -0.25) is 9.59 Å². The van der Waals surface area contributed by atoms with Crippen LogP contribution in [0.3, 0.4) is 0 Å². The topological polar surface area (TPSA) is 69.4 Å². The van der Waals surface area contributed by atoms with Crippen molar-refractivity contribution in [3.05, 3.63) is 29.8 Å². The highest BCUT2D eigenvalue weighted by Crippen LogP contribution is 2.16. The molecule has 0 bridgehead atoms. The van der Waals surface area contributed by atoms with E-state index in [0.29, 0.717) is 11.3 Å². The van der Waals surface area contributed by atoms with Crippen LogP contribution in [-0.4, -0.2) is 12.3 Å². The van der Waals surface area contributed by atoms with Gasteiger partial charge < -0.3 is 10.5 Å². The molecule has 4 nitrogen and oxygen atoms in total. The Kier molecular flexibility index (Phi) is 3.23. The van der Waals surface area contributed by atoms with E-state index in [1.807, 2.05) is 0 Å². The van der Waals surface area contributed by atoms with Crippen molar-refractivity contribution in [3.63, 3.8) is 0 Å². The molecular formula is C10H10NO3. The lowest BCUT2D eigenvalue weighted by atomic mass is 10.1. The number of carbonyl (C=O) groups excluding carboxylic acids is 2. The van der Waals surface area contributed by atoms with E-state index in [-0.39, 0.29) is 0 Å². The quantitative estimate of drug-likeness (QED) is 0.572. The molecule has 0 heterocycles. The first-order valence-corrected chi connectivity index (χ1v) is 4.04. The number of benzene rings is 1. The summed E-state index contributed by atoms with van der Waals surface area (Å²) in [5.41, 5.74) is 6.61. The van der Waals surface area contributed by atoms with E-state index in [1.165, 1.54) is 6.92 Å². The third-order valence-corrected chi connectivity index (χ3v) is 1.63. The number of ether oxygens (including phenoxy) is 1. The molecule has 0 aliphatic heterocycles. The van der Waals surface area contributed by atoms with Gasteiger partial charge in [-0.1, -0.05) is 12.1 Å². The molecule has 0 amide bonds. The van der Waals surface area contributed by atoms with Crippen LogP contribution >= 0.6 is 0 Å². The van der Waals surface area contributed by atoms with Crippen molar-refractivity contribution in [3.8, 4) is 0 Å². The number of nitrogen functional groups attached to an aromatic ring is 1. The molecule has 0 fully saturated rings. The zero-order valence-corrected chi connectivity index (χ0v) is 7.69. The van der Waals surface area contributed by atoms with E-state index < -0.39 is 12.1 Å². The highest BCUT2D eigenvalue weighted by molar-refractivity contribution is 5.71. The summed E-state index contributed by atoms with van der Waals surface area (Å²) in [5, 5.41) is 0. The SMILES string of the molecule is CC(=O)OC([C]=O)c1ccc(N)cc1. The Balaban J connectivity index is 2.84. The van der Waals surface area contributed by atoms with Crippen LogP contribution in [-0.2, 0) is 14.3 Å². The molecule has 4 heteroatoms. The van der Waals surface area contributed by atoms with Gasteiger partial charge in [0, 0.05) is 18.2 Å². The number of carbonyl (C=O) groups is 1. The molecule has 73 valence electrons. The molecule has 0 spiro atoms. The second-order valence-corrected chi connectivity index (χ2v) is 2.77. The van der Waals surface area contributed by atoms with Crippen molar-refractivity contribution in [2.24, 2.45) is 0 Å². The monoisotopic (exact) mass is 192 g/mol. The van der Waals surface area contributed by atoms with E-state index in [1.54, 1.807) is 30.6 Å². The summed E-state index contributed by atoms with van der Waals surface area (Å²) < 4.78 is 4.72. The second-order valence-electron chi connectivity index (χ2n) is 2.77. The minimum absolute atomic E-state index is 0.518. The van der Waals surface area contributed by atoms with Crippen LogP contribution in [0, 0.1) is 0 Å². The number of nitrogens with two attached hydrogens (primary N) is 1. The zero-order valence-electron chi connectivity index (χ0n) is 7.69. The van der Waals surface area contributed by atoms with Crippen LogP contribution in [0.1, 0.15) is 18.6 Å². The third kappa shape index (κ3) is 2.58. The Bertz CT molecular complexity index is 332. The van der Waals surface area contributed by atoms with E-state index in [9.17, 15) is 9.59 Å². The van der Waals surface area contributed by atoms with Crippen molar-refractivity contribution < 1.29 is 14.3 Å². The molecule has 1 unspecified atom stereocenters. The molecule has 0 aliphatic carbocycles. The maximum Gasteiger partial charge on any atom is 0.303 e. The lowest BCUT2D eigenvalue weighted by Gasteiger charge is -2.09. The molecule has 14 heavy (non-hydrogen) atoms. The third-order valence-electron chi connectivity index (χ3n) is 1.63. The second kappa shape index (κ2) is 4.41. The predicted octanol–water partition coefficient (Wildman–Crippen LogP) is 0.983. The van der Waals surface area contributed by atoms with Crippen molar-refractivity contribution in [2.75, 3.05) is 5.73 Å². The van der Waals surface area contributed by atoms with E-state index in [2.05, 4.69) is 0 Å². The van der Waals surface area contributed by atoms with Gasteiger partial charge in [0.15, 0.2) is 6.10 Å². The molecule has 1 aromatic rings. The Labute approximate surface area is 81.7 Å². The van der Waals surface area contributed by atoms with Crippen LogP contribution in [0.25, 0.3) is 0 Å². The molecular weight excluding hydrogens is 182 g/mol. The maximum absolute atomic E-state index is 10.6. The van der Waals surface area contributed by atoms with Crippen molar-refractivity contribution in [1.82, 2.24) is 0 Å². The van der Waals surface area contributed by atoms with Crippen LogP contribution in [0.4, 0.5) is 5.69 Å². The first-order chi connectivity index (χ1) is 6.63. The molecule has 0 saturated heterocycles. The highest BCUT2D eigenvalue weighted by atomic mass is 16.5. The number of hydrogen-bond acceptors (Lipinski definition) is 4. The summed E-state index contributed by atoms with van der Waals surface area (Å²) in [6, 6.07) is 6.49. The van der Waals surface area contributed by atoms with Crippen molar-refractivity contribution in [2.45, 2.75) is 13.0 Å². The lowest BCUT2D eigenvalue weighted by molar-refractivity contribution is -0.143. The first-order valence-electron chi connectivity index (χ1n) is 4.04. The van der Waals surface area contributed by atoms with Crippen molar-refractivity contribution >= 4 is 17.9 Å². The first kappa shape index (κ1) is 10.2. The zero-order chi connectivity index (χ0) is 10.6. The summed E-state index contributed by atoms with van der Waals surface area (Å²) >= 11 is 0. The predicted molar refractivity (Wildman–Crippen MR) is 51.1 cm³/mol. The highest BCUT2D eigenvalue weighted by Gasteiger charge is 2.13. The van der Waals surface area contributed by atoms with Gasteiger partial charge in [0.25, 0.3) is 0 Å². The van der Waals surface area contributed by atoms with Crippen LogP contribution in [0.2, 0.25) is 0 Å². The summed E-state index contributed by atoms with van der Waals surface area (Å²) in [6.45, 7) is 1.24. The molecule has 2 N–H and O–H groups in total. The minimum atomic E-state index is -0.965. The van der Waals surface area contributed by atoms with Gasteiger partial charge in [-0.05, 0) is 12.1 Å². The Hall–Kier alpha value is -1.84. The Morgan fingerprint density at radius 1 is 1.43 bits per heavy atom. The summed E-state index contributed by atoms with van der Waals surface area (Å²) in [4.78, 5) is 21.1. The van der Waals surface area contributed by atoms with E-state index in [0.717, 1.165) is 0 Å². The normalized spacial score (nSPS) is 11.8. The van der Waals surface area contributed by atoms with Gasteiger partial charge in [-0.25, -0.2) is 0 Å². The maximum atomic E-state index is 10.6. The average molecular weight is 192 g/mol. The fourth-order valence-electron chi connectivity index (χ4n) is 0.997. The Morgan fingerprint density at radius 2 is 2.00 bits per heavy atom. The fraction of sp³-hybridized carbons (Fsp3) is 0.200. The average Bonchev–Trinajstić information content (AvgIpc) is 2.15. The standard InChI is InChI=1S/C10H10NO3/c1-7(13)14-10(6-12)8-2-4-9(11)5-3-8/h2-5,10H,11H2,1H3. The Morgan fingerprint density at radius 3 is 2.43 bits per heavy atom. The molecule has 0 aliphatic rings. The van der Waals surface area contributed by atoms with Crippen molar-refractivity contribution in [1.29, 1.82) is 0 Å². The van der Waals surface area contributed by atoms with Gasteiger partial charge in [-0.15, -0.1) is 0 Å². The number of hydrogen-bond donors (Lipinski definition) is 1. The van der Waals surface area contributed by atoms with Crippen LogP contribution in [0.15, 0.2) is 24.3 Å². The minimum Gasteiger partial charge on any atom is -0.449 e. The largest absolute Gasteiger partial charge is 0.449 e. The summed E-state index contributed by atoms with van der Waals surface area (Å²) in [7, 11) is 0. The molecule has 0 aromatic heterocycles. The summed E-state index contributed by atoms with van der Waals surface area (Å²) in [5.74, 6) is -0.518. The number of esters is 1. The van der Waals surface area contributed by atoms with Gasteiger partial charge in [0.2, 0.25) is 6.29 Å². The molecule has 1 radical (unpaired) electrons. The van der Waals surface area contributed by atoms with E-state index in [4.69, 9.17) is 10.5 Å². The lowest BCUT2D eigenvalue weighted by Crippen LogP contribution is -2.09. The number of anilines is 1. The molecule has 1 atom stereocenters. The summed E-state index contributed by atoms with van der Waals surface area (Å²) in [6.07, 6.45) is 0.671. The smallest absolute Gasteiger partial charge is 0.303 e. The van der Waals surface area contributed by atoms with Gasteiger partial charge >= 0.3 is 5.97 Å².